The summed E-state index contributed by atoms with van der Waals surface area (Å²) in [5.41, 5.74) is 2.69. The fraction of sp³-hybridized carbons (Fsp3) is 0.667. The minimum absolute atomic E-state index is 0.564. The molecule has 1 heterocycles. The monoisotopic (exact) mass is 289 g/mol. The van der Waals surface area contributed by atoms with Gasteiger partial charge in [0, 0.05) is 32.7 Å². The van der Waals surface area contributed by atoms with E-state index in [0.717, 1.165) is 13.1 Å². The Balaban J connectivity index is 2.16. The van der Waals surface area contributed by atoms with Crippen molar-refractivity contribution in [1.29, 1.82) is 0 Å². The molecule has 1 saturated heterocycles. The second-order valence-electron chi connectivity index (χ2n) is 6.53. The van der Waals surface area contributed by atoms with E-state index in [9.17, 15) is 0 Å². The molecule has 0 amide bonds. The Morgan fingerprint density at radius 3 is 2.62 bits per heavy atom. The summed E-state index contributed by atoms with van der Waals surface area (Å²) in [5, 5.41) is 3.72. The van der Waals surface area contributed by atoms with Crippen LogP contribution < -0.4 is 15.1 Å². The summed E-state index contributed by atoms with van der Waals surface area (Å²) in [4.78, 5) is 4.80. The fourth-order valence-electron chi connectivity index (χ4n) is 3.41. The molecule has 3 atom stereocenters. The van der Waals surface area contributed by atoms with E-state index in [4.69, 9.17) is 0 Å². The van der Waals surface area contributed by atoms with Crippen molar-refractivity contribution in [3.05, 3.63) is 24.3 Å². The van der Waals surface area contributed by atoms with Crippen LogP contribution in [0.15, 0.2) is 24.3 Å². The van der Waals surface area contributed by atoms with E-state index in [1.54, 1.807) is 0 Å². The van der Waals surface area contributed by atoms with Crippen LogP contribution in [0.3, 0.4) is 0 Å². The van der Waals surface area contributed by atoms with Crippen LogP contribution >= 0.6 is 0 Å². The summed E-state index contributed by atoms with van der Waals surface area (Å²) in [6.45, 7) is 9.27. The molecule has 0 aromatic heterocycles. The van der Waals surface area contributed by atoms with Gasteiger partial charge in [0.05, 0.1) is 11.4 Å². The standard InChI is InChI=1S/C18H31N3/c1-6-12-19-16-11-13-21(15(3)14(16)2)18-10-8-7-9-17(18)20(4)5/h7-10,14-16,19H,6,11-13H2,1-5H3. The molecule has 1 aromatic carbocycles. The van der Waals surface area contributed by atoms with Crippen LogP contribution in [-0.2, 0) is 0 Å². The quantitative estimate of drug-likeness (QED) is 0.897. The van der Waals surface area contributed by atoms with Crippen molar-refractivity contribution in [2.75, 3.05) is 37.0 Å². The highest BCUT2D eigenvalue weighted by Gasteiger charge is 2.32. The number of rotatable bonds is 5. The topological polar surface area (TPSA) is 18.5 Å². The smallest absolute Gasteiger partial charge is 0.0606 e. The van der Waals surface area contributed by atoms with Crippen molar-refractivity contribution >= 4 is 11.4 Å². The predicted octanol–water partition coefficient (Wildman–Crippen LogP) is 3.36. The summed E-state index contributed by atoms with van der Waals surface area (Å²) >= 11 is 0. The first-order valence-electron chi connectivity index (χ1n) is 8.32. The van der Waals surface area contributed by atoms with E-state index in [2.05, 4.69) is 74.2 Å². The molecule has 0 bridgehead atoms. The Labute approximate surface area is 130 Å². The van der Waals surface area contributed by atoms with Crippen molar-refractivity contribution in [3.8, 4) is 0 Å². The molecule has 0 spiro atoms. The molecule has 0 saturated carbocycles. The van der Waals surface area contributed by atoms with Gasteiger partial charge >= 0.3 is 0 Å². The fourth-order valence-corrected chi connectivity index (χ4v) is 3.41. The minimum Gasteiger partial charge on any atom is -0.376 e. The van der Waals surface area contributed by atoms with Gasteiger partial charge in [-0.1, -0.05) is 26.0 Å². The third-order valence-electron chi connectivity index (χ3n) is 4.90. The SMILES string of the molecule is CCCNC1CCN(c2ccccc2N(C)C)C(C)C1C. The maximum Gasteiger partial charge on any atom is 0.0606 e. The number of para-hydroxylation sites is 2. The Hall–Kier alpha value is -1.22. The molecule has 0 radical (unpaired) electrons. The lowest BCUT2D eigenvalue weighted by Gasteiger charge is -2.45. The Bertz CT molecular complexity index is 444. The largest absolute Gasteiger partial charge is 0.376 e. The van der Waals surface area contributed by atoms with Crippen LogP contribution in [0.1, 0.15) is 33.6 Å². The maximum absolute atomic E-state index is 3.72. The lowest BCUT2D eigenvalue weighted by Crippen LogP contribution is -2.53. The number of piperidine rings is 1. The molecular weight excluding hydrogens is 258 g/mol. The zero-order valence-corrected chi connectivity index (χ0v) is 14.3. The molecule has 118 valence electrons. The van der Waals surface area contributed by atoms with E-state index in [1.807, 2.05) is 0 Å². The summed E-state index contributed by atoms with van der Waals surface area (Å²) in [6.07, 6.45) is 2.44. The Kier molecular flexibility index (Phi) is 5.51. The molecule has 3 nitrogen and oxygen atoms in total. The lowest BCUT2D eigenvalue weighted by molar-refractivity contribution is 0.271. The van der Waals surface area contributed by atoms with Crippen LogP contribution in [0, 0.1) is 5.92 Å². The average Bonchev–Trinajstić information content (AvgIpc) is 2.49. The van der Waals surface area contributed by atoms with Gasteiger partial charge in [0.1, 0.15) is 0 Å². The van der Waals surface area contributed by atoms with Gasteiger partial charge in [-0.15, -0.1) is 0 Å². The van der Waals surface area contributed by atoms with Crippen molar-refractivity contribution < 1.29 is 0 Å². The predicted molar refractivity (Wildman–Crippen MR) is 93.4 cm³/mol. The van der Waals surface area contributed by atoms with Gasteiger partial charge in [-0.3, -0.25) is 0 Å². The van der Waals surface area contributed by atoms with E-state index in [-0.39, 0.29) is 0 Å². The second kappa shape index (κ2) is 7.17. The molecule has 21 heavy (non-hydrogen) atoms. The number of benzene rings is 1. The lowest BCUT2D eigenvalue weighted by atomic mass is 9.86. The van der Waals surface area contributed by atoms with E-state index in [0.29, 0.717) is 18.0 Å². The van der Waals surface area contributed by atoms with Gasteiger partial charge in [0.25, 0.3) is 0 Å². The highest BCUT2D eigenvalue weighted by Crippen LogP contribution is 2.34. The van der Waals surface area contributed by atoms with E-state index in [1.165, 1.54) is 24.2 Å². The Morgan fingerprint density at radius 1 is 1.24 bits per heavy atom. The van der Waals surface area contributed by atoms with Crippen molar-refractivity contribution in [2.45, 2.75) is 45.7 Å². The van der Waals surface area contributed by atoms with Gasteiger partial charge in [0.2, 0.25) is 0 Å². The third kappa shape index (κ3) is 3.52. The van der Waals surface area contributed by atoms with Crippen LogP contribution in [0.2, 0.25) is 0 Å². The van der Waals surface area contributed by atoms with Crippen LogP contribution in [0.25, 0.3) is 0 Å². The highest BCUT2D eigenvalue weighted by molar-refractivity contribution is 5.71. The molecule has 1 fully saturated rings. The number of hydrogen-bond donors (Lipinski definition) is 1. The van der Waals surface area contributed by atoms with Gasteiger partial charge in [0.15, 0.2) is 0 Å². The minimum atomic E-state index is 0.564. The van der Waals surface area contributed by atoms with Crippen molar-refractivity contribution in [3.63, 3.8) is 0 Å². The molecule has 2 rings (SSSR count). The molecule has 1 aliphatic rings. The molecular formula is C18H31N3. The molecule has 1 aliphatic heterocycles. The summed E-state index contributed by atoms with van der Waals surface area (Å²) in [7, 11) is 4.25. The number of nitrogens with zero attached hydrogens (tertiary/aromatic N) is 2. The summed E-state index contributed by atoms with van der Waals surface area (Å²) in [5.74, 6) is 0.667. The highest BCUT2D eigenvalue weighted by atomic mass is 15.2. The number of hydrogen-bond acceptors (Lipinski definition) is 3. The first kappa shape index (κ1) is 16.2. The van der Waals surface area contributed by atoms with Crippen molar-refractivity contribution in [2.24, 2.45) is 5.92 Å². The zero-order chi connectivity index (χ0) is 15.4. The van der Waals surface area contributed by atoms with Gasteiger partial charge in [-0.05, 0) is 44.4 Å². The second-order valence-corrected chi connectivity index (χ2v) is 6.53. The molecule has 0 aliphatic carbocycles. The first-order valence-corrected chi connectivity index (χ1v) is 8.32. The Morgan fingerprint density at radius 2 is 1.95 bits per heavy atom. The van der Waals surface area contributed by atoms with Crippen LogP contribution in [0.4, 0.5) is 11.4 Å². The molecule has 3 unspecified atom stereocenters. The van der Waals surface area contributed by atoms with E-state index < -0.39 is 0 Å². The van der Waals surface area contributed by atoms with Gasteiger partial charge < -0.3 is 15.1 Å². The first-order chi connectivity index (χ1) is 10.1. The molecule has 1 aromatic rings. The average molecular weight is 289 g/mol. The number of anilines is 2. The van der Waals surface area contributed by atoms with Gasteiger partial charge in [-0.2, -0.15) is 0 Å². The van der Waals surface area contributed by atoms with Gasteiger partial charge in [-0.25, -0.2) is 0 Å². The molecule has 1 N–H and O–H groups in total. The van der Waals surface area contributed by atoms with E-state index >= 15 is 0 Å². The zero-order valence-electron chi connectivity index (χ0n) is 14.3. The molecule has 3 heteroatoms. The van der Waals surface area contributed by atoms with Crippen LogP contribution in [-0.4, -0.2) is 39.3 Å². The summed E-state index contributed by atoms with van der Waals surface area (Å²) < 4.78 is 0. The normalized spacial score (nSPS) is 26.0. The maximum atomic E-state index is 3.72. The summed E-state index contributed by atoms with van der Waals surface area (Å²) in [6, 6.07) is 9.98. The third-order valence-corrected chi connectivity index (χ3v) is 4.90. The van der Waals surface area contributed by atoms with Crippen LogP contribution in [0.5, 0.6) is 0 Å². The number of nitrogens with one attached hydrogen (secondary N) is 1. The van der Waals surface area contributed by atoms with Crippen molar-refractivity contribution in [1.82, 2.24) is 5.32 Å².